The fourth-order valence-corrected chi connectivity index (χ4v) is 2.17. The minimum Gasteiger partial charge on any atom is -0.489 e. The smallest absolute Gasteiger partial charge is 0.389 e. The Hall–Kier alpha value is -1.43. The van der Waals surface area contributed by atoms with E-state index in [1.54, 1.807) is 0 Å². The molecule has 6 heteroatoms. The zero-order valence-electron chi connectivity index (χ0n) is 11.2. The largest absolute Gasteiger partial charge is 0.489 e. The molecule has 0 atom stereocenters. The molecular weight excluding hydrogens is 269 g/mol. The van der Waals surface area contributed by atoms with E-state index in [-0.39, 0.29) is 6.42 Å². The van der Waals surface area contributed by atoms with Gasteiger partial charge in [-0.2, -0.15) is 13.2 Å². The number of alkyl halides is 3. The van der Waals surface area contributed by atoms with Crippen molar-refractivity contribution in [2.24, 2.45) is 0 Å². The van der Waals surface area contributed by atoms with E-state index in [1.165, 1.54) is 0 Å². The molecule has 2 N–H and O–H groups in total. The van der Waals surface area contributed by atoms with Crippen molar-refractivity contribution in [3.63, 3.8) is 0 Å². The van der Waals surface area contributed by atoms with Gasteiger partial charge in [0.15, 0.2) is 0 Å². The normalized spacial score (nSPS) is 14.3. The average molecular weight is 288 g/mol. The predicted octanol–water partition coefficient (Wildman–Crippen LogP) is 3.31. The number of benzene rings is 1. The standard InChI is InChI=1S/C14H19F3N2O/c15-14(16,17)6-1-2-7-18-10-11-4-3-5-12-13(11)20-9-8-19-12/h3-5,18-19H,1-2,6-10H2. The van der Waals surface area contributed by atoms with Crippen molar-refractivity contribution in [2.75, 3.05) is 25.0 Å². The molecule has 0 aliphatic carbocycles. The Labute approximate surface area is 116 Å². The van der Waals surface area contributed by atoms with Gasteiger partial charge in [0.05, 0.1) is 5.69 Å². The second kappa shape index (κ2) is 6.83. The summed E-state index contributed by atoms with van der Waals surface area (Å²) in [6, 6.07) is 5.87. The highest BCUT2D eigenvalue weighted by Gasteiger charge is 2.25. The summed E-state index contributed by atoms with van der Waals surface area (Å²) in [5.74, 6) is 0.849. The number of hydrogen-bond acceptors (Lipinski definition) is 3. The van der Waals surface area contributed by atoms with Crippen LogP contribution in [0.3, 0.4) is 0 Å². The van der Waals surface area contributed by atoms with Crippen LogP contribution in [-0.4, -0.2) is 25.9 Å². The summed E-state index contributed by atoms with van der Waals surface area (Å²) in [6.45, 7) is 2.61. The van der Waals surface area contributed by atoms with Gasteiger partial charge in [-0.1, -0.05) is 12.1 Å². The Morgan fingerprint density at radius 2 is 2.10 bits per heavy atom. The van der Waals surface area contributed by atoms with Gasteiger partial charge in [0.1, 0.15) is 12.4 Å². The van der Waals surface area contributed by atoms with E-state index in [0.717, 1.165) is 23.5 Å². The minimum atomic E-state index is -4.04. The quantitative estimate of drug-likeness (QED) is 0.788. The van der Waals surface area contributed by atoms with Crippen LogP contribution in [0.25, 0.3) is 0 Å². The van der Waals surface area contributed by atoms with E-state index in [9.17, 15) is 13.2 Å². The fraction of sp³-hybridized carbons (Fsp3) is 0.571. The number of anilines is 1. The van der Waals surface area contributed by atoms with Gasteiger partial charge in [0.25, 0.3) is 0 Å². The van der Waals surface area contributed by atoms with Crippen LogP contribution < -0.4 is 15.4 Å². The van der Waals surface area contributed by atoms with Gasteiger partial charge in [-0.15, -0.1) is 0 Å². The summed E-state index contributed by atoms with van der Waals surface area (Å²) in [4.78, 5) is 0. The topological polar surface area (TPSA) is 33.3 Å². The van der Waals surface area contributed by atoms with Crippen LogP contribution in [0, 0.1) is 0 Å². The third-order valence-electron chi connectivity index (χ3n) is 3.14. The van der Waals surface area contributed by atoms with Crippen molar-refractivity contribution >= 4 is 5.69 Å². The maximum Gasteiger partial charge on any atom is 0.389 e. The molecule has 0 amide bonds. The van der Waals surface area contributed by atoms with E-state index in [1.807, 2.05) is 18.2 Å². The molecule has 0 fully saturated rings. The Kier molecular flexibility index (Phi) is 5.11. The van der Waals surface area contributed by atoms with Crippen LogP contribution in [0.2, 0.25) is 0 Å². The van der Waals surface area contributed by atoms with Crippen molar-refractivity contribution in [3.8, 4) is 5.75 Å². The van der Waals surface area contributed by atoms with Crippen molar-refractivity contribution in [2.45, 2.75) is 32.0 Å². The number of hydrogen-bond donors (Lipinski definition) is 2. The maximum atomic E-state index is 12.0. The molecule has 0 saturated heterocycles. The molecule has 0 unspecified atom stereocenters. The number of nitrogens with one attached hydrogen (secondary N) is 2. The highest BCUT2D eigenvalue weighted by molar-refractivity contribution is 5.61. The SMILES string of the molecule is FC(F)(F)CCCCNCc1cccc2c1OCCN2. The van der Waals surface area contributed by atoms with Crippen molar-refractivity contribution < 1.29 is 17.9 Å². The number of ether oxygens (including phenoxy) is 1. The zero-order valence-corrected chi connectivity index (χ0v) is 11.2. The molecule has 1 aromatic rings. The highest BCUT2D eigenvalue weighted by Crippen LogP contribution is 2.31. The number of halogens is 3. The summed E-state index contributed by atoms with van der Waals surface area (Å²) in [6.07, 6.45) is -4.06. The van der Waals surface area contributed by atoms with Crippen LogP contribution in [0.15, 0.2) is 18.2 Å². The Balaban J connectivity index is 1.72. The molecule has 1 heterocycles. The molecule has 1 aliphatic heterocycles. The number of unbranched alkanes of at least 4 members (excludes halogenated alkanes) is 1. The average Bonchev–Trinajstić information content (AvgIpc) is 2.41. The third-order valence-corrected chi connectivity index (χ3v) is 3.14. The van der Waals surface area contributed by atoms with Crippen LogP contribution >= 0.6 is 0 Å². The lowest BCUT2D eigenvalue weighted by molar-refractivity contribution is -0.135. The number of para-hydroxylation sites is 1. The van der Waals surface area contributed by atoms with Gasteiger partial charge >= 0.3 is 6.18 Å². The van der Waals surface area contributed by atoms with E-state index >= 15 is 0 Å². The summed E-state index contributed by atoms with van der Waals surface area (Å²) >= 11 is 0. The van der Waals surface area contributed by atoms with Gasteiger partial charge < -0.3 is 15.4 Å². The van der Waals surface area contributed by atoms with E-state index in [0.29, 0.717) is 26.1 Å². The Bertz CT molecular complexity index is 435. The van der Waals surface area contributed by atoms with E-state index in [4.69, 9.17) is 4.74 Å². The highest BCUT2D eigenvalue weighted by atomic mass is 19.4. The van der Waals surface area contributed by atoms with E-state index < -0.39 is 12.6 Å². The van der Waals surface area contributed by atoms with Gasteiger partial charge in [-0.05, 0) is 25.5 Å². The monoisotopic (exact) mass is 288 g/mol. The summed E-state index contributed by atoms with van der Waals surface area (Å²) in [7, 11) is 0. The predicted molar refractivity (Wildman–Crippen MR) is 72.0 cm³/mol. The summed E-state index contributed by atoms with van der Waals surface area (Å²) in [5, 5.41) is 6.42. The molecule has 0 spiro atoms. The van der Waals surface area contributed by atoms with Crippen LogP contribution in [0.1, 0.15) is 24.8 Å². The van der Waals surface area contributed by atoms with Crippen molar-refractivity contribution in [3.05, 3.63) is 23.8 Å². The molecule has 2 rings (SSSR count). The van der Waals surface area contributed by atoms with Crippen LogP contribution in [0.4, 0.5) is 18.9 Å². The molecule has 112 valence electrons. The lowest BCUT2D eigenvalue weighted by Crippen LogP contribution is -2.21. The lowest BCUT2D eigenvalue weighted by Gasteiger charge is -2.21. The van der Waals surface area contributed by atoms with Crippen LogP contribution in [0.5, 0.6) is 5.75 Å². The second-order valence-electron chi connectivity index (χ2n) is 4.82. The molecule has 20 heavy (non-hydrogen) atoms. The Morgan fingerprint density at radius 3 is 2.90 bits per heavy atom. The van der Waals surface area contributed by atoms with Gasteiger partial charge in [-0.25, -0.2) is 0 Å². The number of fused-ring (bicyclic) bond motifs is 1. The molecule has 0 aromatic heterocycles. The summed E-state index contributed by atoms with van der Waals surface area (Å²) in [5.41, 5.74) is 2.01. The first-order chi connectivity index (χ1) is 9.56. The van der Waals surface area contributed by atoms with E-state index in [2.05, 4.69) is 10.6 Å². The second-order valence-corrected chi connectivity index (χ2v) is 4.82. The molecule has 3 nitrogen and oxygen atoms in total. The first-order valence-electron chi connectivity index (χ1n) is 6.82. The van der Waals surface area contributed by atoms with Crippen LogP contribution in [-0.2, 0) is 6.54 Å². The first-order valence-corrected chi connectivity index (χ1v) is 6.82. The molecule has 0 radical (unpaired) electrons. The van der Waals surface area contributed by atoms with Gasteiger partial charge in [-0.3, -0.25) is 0 Å². The molecule has 1 aromatic carbocycles. The molecule has 0 saturated carbocycles. The van der Waals surface area contributed by atoms with Crippen molar-refractivity contribution in [1.82, 2.24) is 5.32 Å². The maximum absolute atomic E-state index is 12.0. The first kappa shape index (κ1) is 15.0. The molecular formula is C14H19F3N2O. The zero-order chi connectivity index (χ0) is 14.4. The molecule has 0 bridgehead atoms. The lowest BCUT2D eigenvalue weighted by atomic mass is 10.1. The summed E-state index contributed by atoms with van der Waals surface area (Å²) < 4.78 is 41.5. The fourth-order valence-electron chi connectivity index (χ4n) is 2.17. The minimum absolute atomic E-state index is 0.168. The van der Waals surface area contributed by atoms with Gasteiger partial charge in [0.2, 0.25) is 0 Å². The molecule has 1 aliphatic rings. The number of rotatable bonds is 6. The Morgan fingerprint density at radius 1 is 1.25 bits per heavy atom. The third kappa shape index (κ3) is 4.59. The van der Waals surface area contributed by atoms with Gasteiger partial charge in [0, 0.05) is 25.1 Å². The van der Waals surface area contributed by atoms with Crippen molar-refractivity contribution in [1.29, 1.82) is 0 Å².